The molecular weight excluding hydrogens is 293 g/mol. The van der Waals surface area contributed by atoms with Crippen LogP contribution < -0.4 is 5.32 Å². The first-order valence-electron chi connectivity index (χ1n) is 7.62. The Balaban J connectivity index is 1.61. The van der Waals surface area contributed by atoms with Crippen molar-refractivity contribution >= 4 is 16.9 Å². The van der Waals surface area contributed by atoms with E-state index in [1.165, 1.54) is 12.1 Å². The molecule has 4 nitrogen and oxygen atoms in total. The van der Waals surface area contributed by atoms with Gasteiger partial charge in [0.1, 0.15) is 11.6 Å². The van der Waals surface area contributed by atoms with Gasteiger partial charge in [-0.25, -0.2) is 9.37 Å². The van der Waals surface area contributed by atoms with Gasteiger partial charge in [0.05, 0.1) is 17.5 Å². The van der Waals surface area contributed by atoms with Crippen molar-refractivity contribution in [3.63, 3.8) is 0 Å². The molecule has 5 heteroatoms. The Kier molecular flexibility index (Phi) is 4.37. The molecule has 2 N–H and O–H groups in total. The van der Waals surface area contributed by atoms with Crippen molar-refractivity contribution in [1.29, 1.82) is 0 Å². The maximum Gasteiger partial charge on any atom is 0.224 e. The van der Waals surface area contributed by atoms with Gasteiger partial charge in [0, 0.05) is 13.0 Å². The molecule has 1 heterocycles. The quantitative estimate of drug-likeness (QED) is 0.760. The Morgan fingerprint density at radius 1 is 1.17 bits per heavy atom. The van der Waals surface area contributed by atoms with Crippen molar-refractivity contribution in [3.05, 3.63) is 65.2 Å². The lowest BCUT2D eigenvalue weighted by molar-refractivity contribution is -0.120. The molecule has 3 aromatic rings. The van der Waals surface area contributed by atoms with Crippen LogP contribution in [0.25, 0.3) is 11.0 Å². The third-order valence-electron chi connectivity index (χ3n) is 3.70. The number of amides is 1. The van der Waals surface area contributed by atoms with E-state index in [2.05, 4.69) is 15.3 Å². The van der Waals surface area contributed by atoms with Crippen LogP contribution in [0, 0.1) is 5.82 Å². The minimum absolute atomic E-state index is 0.0658. The van der Waals surface area contributed by atoms with Crippen molar-refractivity contribution in [3.8, 4) is 0 Å². The van der Waals surface area contributed by atoms with E-state index >= 15 is 0 Å². The molecule has 0 bridgehead atoms. The van der Waals surface area contributed by atoms with Crippen LogP contribution in [-0.4, -0.2) is 15.9 Å². The summed E-state index contributed by atoms with van der Waals surface area (Å²) < 4.78 is 12.8. The monoisotopic (exact) mass is 311 g/mol. The molecule has 118 valence electrons. The summed E-state index contributed by atoms with van der Waals surface area (Å²) in [4.78, 5) is 19.7. The summed E-state index contributed by atoms with van der Waals surface area (Å²) in [6, 6.07) is 11.9. The summed E-state index contributed by atoms with van der Waals surface area (Å²) in [6.07, 6.45) is 1.15. The predicted molar refractivity (Wildman–Crippen MR) is 87.4 cm³/mol. The average molecular weight is 311 g/mol. The molecule has 0 saturated carbocycles. The zero-order valence-electron chi connectivity index (χ0n) is 12.9. The number of carbonyl (C=O) groups is 1. The van der Waals surface area contributed by atoms with E-state index in [1.807, 2.05) is 25.1 Å². The lowest BCUT2D eigenvalue weighted by Gasteiger charge is -2.05. The van der Waals surface area contributed by atoms with Crippen molar-refractivity contribution in [1.82, 2.24) is 15.3 Å². The minimum atomic E-state index is -0.278. The van der Waals surface area contributed by atoms with E-state index in [1.54, 1.807) is 12.1 Å². The van der Waals surface area contributed by atoms with Crippen molar-refractivity contribution < 1.29 is 9.18 Å². The van der Waals surface area contributed by atoms with Gasteiger partial charge >= 0.3 is 0 Å². The number of hydrogen-bond donors (Lipinski definition) is 2. The van der Waals surface area contributed by atoms with E-state index in [0.717, 1.165) is 34.4 Å². The number of aromatic nitrogens is 2. The molecule has 1 aromatic heterocycles. The van der Waals surface area contributed by atoms with Crippen molar-refractivity contribution in [2.24, 2.45) is 0 Å². The average Bonchev–Trinajstić information content (AvgIpc) is 2.97. The molecule has 0 spiro atoms. The number of nitrogens with one attached hydrogen (secondary N) is 2. The van der Waals surface area contributed by atoms with Gasteiger partial charge in [-0.3, -0.25) is 4.79 Å². The zero-order chi connectivity index (χ0) is 16.2. The Hall–Kier alpha value is -2.69. The van der Waals surface area contributed by atoms with E-state index in [9.17, 15) is 9.18 Å². The van der Waals surface area contributed by atoms with Gasteiger partial charge in [0.25, 0.3) is 0 Å². The minimum Gasteiger partial charge on any atom is -0.352 e. The van der Waals surface area contributed by atoms with Gasteiger partial charge in [0.15, 0.2) is 0 Å². The summed E-state index contributed by atoms with van der Waals surface area (Å²) in [5.74, 6) is 0.598. The van der Waals surface area contributed by atoms with Crippen molar-refractivity contribution in [2.75, 3.05) is 0 Å². The van der Waals surface area contributed by atoms with Crippen LogP contribution in [0.15, 0.2) is 42.5 Å². The molecule has 0 saturated heterocycles. The first-order chi connectivity index (χ1) is 11.1. The first-order valence-corrected chi connectivity index (χ1v) is 7.62. The van der Waals surface area contributed by atoms with Crippen molar-refractivity contribution in [2.45, 2.75) is 26.3 Å². The standard InChI is InChI=1S/C18H18FN3O/c1-2-17-21-15-8-5-13(9-16(15)22-17)10-18(23)20-11-12-3-6-14(19)7-4-12/h3-9H,2,10-11H2,1H3,(H,20,23)(H,21,22). The Morgan fingerprint density at radius 3 is 2.65 bits per heavy atom. The number of fused-ring (bicyclic) bond motifs is 1. The molecule has 1 amide bonds. The van der Waals surface area contributed by atoms with Gasteiger partial charge in [-0.1, -0.05) is 25.1 Å². The van der Waals surface area contributed by atoms with Crippen LogP contribution in [0.4, 0.5) is 4.39 Å². The fourth-order valence-corrected chi connectivity index (χ4v) is 2.44. The highest BCUT2D eigenvalue weighted by Gasteiger charge is 2.07. The molecular formula is C18H18FN3O. The van der Waals surface area contributed by atoms with Crippen LogP contribution in [0.2, 0.25) is 0 Å². The second-order valence-electron chi connectivity index (χ2n) is 5.47. The fourth-order valence-electron chi connectivity index (χ4n) is 2.44. The third kappa shape index (κ3) is 3.74. The Bertz CT molecular complexity index is 824. The largest absolute Gasteiger partial charge is 0.352 e. The van der Waals surface area contributed by atoms with Crippen LogP contribution in [0.5, 0.6) is 0 Å². The SMILES string of the molecule is CCc1nc2ccc(CC(=O)NCc3ccc(F)cc3)cc2[nH]1. The predicted octanol–water partition coefficient (Wildman–Crippen LogP) is 3.12. The molecule has 0 aliphatic rings. The number of imidazole rings is 1. The van der Waals surface area contributed by atoms with E-state index in [-0.39, 0.29) is 11.7 Å². The topological polar surface area (TPSA) is 57.8 Å². The molecule has 23 heavy (non-hydrogen) atoms. The fraction of sp³-hybridized carbons (Fsp3) is 0.222. The molecule has 0 fully saturated rings. The van der Waals surface area contributed by atoms with Crippen LogP contribution in [0.1, 0.15) is 23.9 Å². The molecule has 0 aliphatic heterocycles. The Morgan fingerprint density at radius 2 is 1.91 bits per heavy atom. The van der Waals surface area contributed by atoms with Gasteiger partial charge < -0.3 is 10.3 Å². The van der Waals surface area contributed by atoms with E-state index in [4.69, 9.17) is 0 Å². The van der Waals surface area contributed by atoms with Crippen LogP contribution in [-0.2, 0) is 24.2 Å². The van der Waals surface area contributed by atoms with Gasteiger partial charge in [0.2, 0.25) is 5.91 Å². The normalized spacial score (nSPS) is 10.9. The van der Waals surface area contributed by atoms with Crippen LogP contribution >= 0.6 is 0 Å². The number of carbonyl (C=O) groups excluding carboxylic acids is 1. The number of benzene rings is 2. The van der Waals surface area contributed by atoms with Gasteiger partial charge in [-0.05, 0) is 35.4 Å². The molecule has 3 rings (SSSR count). The number of aryl methyl sites for hydroxylation is 1. The Labute approximate surface area is 133 Å². The molecule has 0 aliphatic carbocycles. The molecule has 0 atom stereocenters. The summed E-state index contributed by atoms with van der Waals surface area (Å²) in [5, 5.41) is 2.84. The first kappa shape index (κ1) is 15.2. The van der Waals surface area contributed by atoms with Gasteiger partial charge in [-0.15, -0.1) is 0 Å². The maximum absolute atomic E-state index is 12.8. The highest BCUT2D eigenvalue weighted by atomic mass is 19.1. The number of rotatable bonds is 5. The number of H-pyrrole nitrogens is 1. The van der Waals surface area contributed by atoms with E-state index < -0.39 is 0 Å². The highest BCUT2D eigenvalue weighted by Crippen LogP contribution is 2.14. The summed E-state index contributed by atoms with van der Waals surface area (Å²) in [7, 11) is 0. The second-order valence-corrected chi connectivity index (χ2v) is 5.47. The number of aromatic amines is 1. The number of nitrogens with zero attached hydrogens (tertiary/aromatic N) is 1. The lowest BCUT2D eigenvalue weighted by Crippen LogP contribution is -2.24. The highest BCUT2D eigenvalue weighted by molar-refractivity contribution is 5.81. The zero-order valence-corrected chi connectivity index (χ0v) is 12.9. The van der Waals surface area contributed by atoms with E-state index in [0.29, 0.717) is 13.0 Å². The molecule has 0 unspecified atom stereocenters. The molecule has 2 aromatic carbocycles. The number of hydrogen-bond acceptors (Lipinski definition) is 2. The maximum atomic E-state index is 12.8. The second kappa shape index (κ2) is 6.60. The third-order valence-corrected chi connectivity index (χ3v) is 3.70. The lowest BCUT2D eigenvalue weighted by atomic mass is 10.1. The number of halogens is 1. The summed E-state index contributed by atoms with van der Waals surface area (Å²) in [5.41, 5.74) is 3.67. The smallest absolute Gasteiger partial charge is 0.224 e. The van der Waals surface area contributed by atoms with Crippen LogP contribution in [0.3, 0.4) is 0 Å². The summed E-state index contributed by atoms with van der Waals surface area (Å²) in [6.45, 7) is 2.44. The van der Waals surface area contributed by atoms with Gasteiger partial charge in [-0.2, -0.15) is 0 Å². The summed E-state index contributed by atoms with van der Waals surface area (Å²) >= 11 is 0. The molecule has 0 radical (unpaired) electrons.